The molecular weight excluding hydrogens is 500 g/mol. The number of aliphatic hydroxyl groups excluding tert-OH is 1. The molecule has 0 amide bonds. The number of ether oxygens (including phenoxy) is 3. The van der Waals surface area contributed by atoms with E-state index in [1.165, 1.54) is 12.1 Å². The molecule has 2 atom stereocenters. The van der Waals surface area contributed by atoms with Crippen LogP contribution < -0.4 is 10.4 Å². The lowest BCUT2D eigenvalue weighted by Gasteiger charge is -2.42. The molecule has 0 radical (unpaired) electrons. The second-order valence-corrected chi connectivity index (χ2v) is 9.62. The minimum atomic E-state index is -1.36. The van der Waals surface area contributed by atoms with Gasteiger partial charge in [0.15, 0.2) is 11.7 Å². The first kappa shape index (κ1) is 24.8. The number of halogens is 1. The third kappa shape index (κ3) is 4.22. The van der Waals surface area contributed by atoms with E-state index >= 15 is 0 Å². The fourth-order valence-electron chi connectivity index (χ4n) is 4.60. The van der Waals surface area contributed by atoms with Crippen molar-refractivity contribution in [1.29, 1.82) is 0 Å². The predicted octanol–water partition coefficient (Wildman–Crippen LogP) is 5.21. The highest BCUT2D eigenvalue weighted by Crippen LogP contribution is 2.50. The first-order valence-electron chi connectivity index (χ1n) is 11.7. The van der Waals surface area contributed by atoms with Gasteiger partial charge in [0, 0.05) is 21.9 Å². The maximum absolute atomic E-state index is 13.2. The van der Waals surface area contributed by atoms with E-state index in [1.807, 2.05) is 0 Å². The number of aliphatic hydroxyl groups is 1. The minimum Gasteiger partial charge on any atom is -0.484 e. The molecule has 2 heterocycles. The fraction of sp³-hybridized carbons (Fsp3) is 0.250. The SMILES string of the molecule is CCOC(=O)c1cc(=O)oc2c3c(c4ccccc4c12)OC(C)(C)[C@@H](O)[C@@H]3OC(=O)c1cccc(Cl)c1. The van der Waals surface area contributed by atoms with Crippen molar-refractivity contribution in [3.8, 4) is 5.75 Å². The van der Waals surface area contributed by atoms with Crippen LogP contribution in [0.4, 0.5) is 0 Å². The summed E-state index contributed by atoms with van der Waals surface area (Å²) in [6.45, 7) is 5.07. The smallest absolute Gasteiger partial charge is 0.339 e. The van der Waals surface area contributed by atoms with Gasteiger partial charge >= 0.3 is 17.6 Å². The molecule has 0 aliphatic carbocycles. The molecule has 1 aliphatic rings. The van der Waals surface area contributed by atoms with Gasteiger partial charge in [-0.15, -0.1) is 0 Å². The summed E-state index contributed by atoms with van der Waals surface area (Å²) in [6, 6.07) is 14.3. The minimum absolute atomic E-state index is 0.00802. The molecule has 8 nitrogen and oxygen atoms in total. The van der Waals surface area contributed by atoms with Crippen LogP contribution in [0.3, 0.4) is 0 Å². The Bertz CT molecular complexity index is 1620. The maximum atomic E-state index is 13.2. The quantitative estimate of drug-likeness (QED) is 0.221. The molecule has 0 bridgehead atoms. The molecule has 0 saturated carbocycles. The van der Waals surface area contributed by atoms with Gasteiger partial charge in [-0.05, 0) is 44.4 Å². The molecule has 37 heavy (non-hydrogen) atoms. The number of esters is 2. The van der Waals surface area contributed by atoms with Crippen LogP contribution in [-0.4, -0.2) is 35.4 Å². The molecule has 0 fully saturated rings. The van der Waals surface area contributed by atoms with Crippen molar-refractivity contribution in [2.45, 2.75) is 38.6 Å². The van der Waals surface area contributed by atoms with Crippen LogP contribution in [0.25, 0.3) is 21.7 Å². The number of benzene rings is 3. The van der Waals surface area contributed by atoms with Crippen molar-refractivity contribution in [3.05, 3.63) is 86.7 Å². The van der Waals surface area contributed by atoms with Gasteiger partial charge < -0.3 is 23.7 Å². The third-order valence-corrected chi connectivity index (χ3v) is 6.56. The van der Waals surface area contributed by atoms with Gasteiger partial charge in [-0.2, -0.15) is 0 Å². The summed E-state index contributed by atoms with van der Waals surface area (Å²) >= 11 is 6.05. The van der Waals surface area contributed by atoms with Crippen molar-refractivity contribution in [2.75, 3.05) is 6.61 Å². The molecular formula is C28H23ClO8. The number of hydrogen-bond donors (Lipinski definition) is 1. The first-order chi connectivity index (χ1) is 17.6. The predicted molar refractivity (Wildman–Crippen MR) is 136 cm³/mol. The largest absolute Gasteiger partial charge is 0.484 e. The number of rotatable bonds is 4. The summed E-state index contributed by atoms with van der Waals surface area (Å²) in [5.41, 5.74) is -1.74. The first-order valence-corrected chi connectivity index (χ1v) is 12.0. The highest BCUT2D eigenvalue weighted by atomic mass is 35.5. The molecule has 1 aliphatic heterocycles. The monoisotopic (exact) mass is 522 g/mol. The van der Waals surface area contributed by atoms with Gasteiger partial charge in [0.2, 0.25) is 0 Å². The summed E-state index contributed by atoms with van der Waals surface area (Å²) in [6.07, 6.45) is -2.66. The van der Waals surface area contributed by atoms with E-state index in [0.717, 1.165) is 6.07 Å². The molecule has 0 saturated heterocycles. The number of carbonyl (C=O) groups is 2. The van der Waals surface area contributed by atoms with E-state index in [4.69, 9.17) is 30.2 Å². The van der Waals surface area contributed by atoms with Crippen LogP contribution in [0.15, 0.2) is 63.8 Å². The van der Waals surface area contributed by atoms with Crippen molar-refractivity contribution in [3.63, 3.8) is 0 Å². The Balaban J connectivity index is 1.83. The van der Waals surface area contributed by atoms with Gasteiger partial charge in [-0.25, -0.2) is 14.4 Å². The lowest BCUT2D eigenvalue weighted by molar-refractivity contribution is -0.115. The van der Waals surface area contributed by atoms with E-state index in [9.17, 15) is 19.5 Å². The van der Waals surface area contributed by atoms with Gasteiger partial charge in [0.25, 0.3) is 0 Å². The summed E-state index contributed by atoms with van der Waals surface area (Å²) in [7, 11) is 0. The molecule has 0 unspecified atom stereocenters. The standard InChI is InChI=1S/C28H23ClO8/c1-4-34-27(33)18-13-19(30)35-23-20(18)16-10-5-6-11-17(16)22-21(23)24(25(31)28(2,3)37-22)36-26(32)14-8-7-9-15(29)12-14/h5-13,24-25,31H,4H2,1-3H3/t24-,25+/m1/s1. The topological polar surface area (TPSA) is 112 Å². The van der Waals surface area contributed by atoms with Gasteiger partial charge in [0.1, 0.15) is 17.5 Å². The van der Waals surface area contributed by atoms with Crippen LogP contribution in [0.1, 0.15) is 53.2 Å². The van der Waals surface area contributed by atoms with Gasteiger partial charge in [0.05, 0.1) is 23.3 Å². The molecule has 1 N–H and O–H groups in total. The Morgan fingerprint density at radius 3 is 2.49 bits per heavy atom. The maximum Gasteiger partial charge on any atom is 0.339 e. The van der Waals surface area contributed by atoms with Crippen LogP contribution in [0.2, 0.25) is 5.02 Å². The lowest BCUT2D eigenvalue weighted by Crippen LogP contribution is -2.50. The second kappa shape index (κ2) is 9.21. The van der Waals surface area contributed by atoms with E-state index in [0.29, 0.717) is 15.8 Å². The number of fused-ring (bicyclic) bond motifs is 6. The molecule has 4 aromatic rings. The Kier molecular flexibility index (Phi) is 6.17. The van der Waals surface area contributed by atoms with Crippen molar-refractivity contribution in [1.82, 2.24) is 0 Å². The van der Waals surface area contributed by atoms with E-state index in [2.05, 4.69) is 0 Å². The average Bonchev–Trinajstić information content (AvgIpc) is 2.86. The molecule has 9 heteroatoms. The van der Waals surface area contributed by atoms with Crippen LogP contribution >= 0.6 is 11.6 Å². The van der Waals surface area contributed by atoms with Crippen LogP contribution in [-0.2, 0) is 9.47 Å². The van der Waals surface area contributed by atoms with Gasteiger partial charge in [-0.1, -0.05) is 41.9 Å². The van der Waals surface area contributed by atoms with Crippen molar-refractivity contribution < 1.29 is 33.3 Å². The normalized spacial score (nSPS) is 18.2. The summed E-state index contributed by atoms with van der Waals surface area (Å²) < 4.78 is 22.9. The summed E-state index contributed by atoms with van der Waals surface area (Å²) in [5.74, 6) is -1.19. The van der Waals surface area contributed by atoms with E-state index in [-0.39, 0.29) is 40.0 Å². The highest BCUT2D eigenvalue weighted by molar-refractivity contribution is 6.30. The summed E-state index contributed by atoms with van der Waals surface area (Å²) in [4.78, 5) is 38.7. The van der Waals surface area contributed by atoms with Crippen molar-refractivity contribution >= 4 is 45.3 Å². The fourth-order valence-corrected chi connectivity index (χ4v) is 4.79. The zero-order valence-electron chi connectivity index (χ0n) is 20.2. The van der Waals surface area contributed by atoms with Crippen LogP contribution in [0.5, 0.6) is 5.75 Å². The Morgan fingerprint density at radius 1 is 1.05 bits per heavy atom. The molecule has 5 rings (SSSR count). The second-order valence-electron chi connectivity index (χ2n) is 9.18. The molecule has 190 valence electrons. The van der Waals surface area contributed by atoms with Crippen molar-refractivity contribution in [2.24, 2.45) is 0 Å². The Morgan fingerprint density at radius 2 is 1.78 bits per heavy atom. The van der Waals surface area contributed by atoms with Crippen LogP contribution in [0, 0.1) is 0 Å². The lowest BCUT2D eigenvalue weighted by atomic mass is 9.85. The summed E-state index contributed by atoms with van der Waals surface area (Å²) in [5, 5.41) is 13.1. The number of hydrogen-bond acceptors (Lipinski definition) is 8. The average molecular weight is 523 g/mol. The third-order valence-electron chi connectivity index (χ3n) is 6.33. The van der Waals surface area contributed by atoms with Gasteiger partial charge in [-0.3, -0.25) is 0 Å². The highest BCUT2D eigenvalue weighted by Gasteiger charge is 2.48. The molecule has 3 aromatic carbocycles. The Hall–Kier alpha value is -3.88. The molecule has 1 aromatic heterocycles. The number of carbonyl (C=O) groups excluding carboxylic acids is 2. The molecule has 0 spiro atoms. The Labute approximate surface area is 216 Å². The van der Waals surface area contributed by atoms with E-state index in [1.54, 1.807) is 57.2 Å². The zero-order valence-corrected chi connectivity index (χ0v) is 21.0. The van der Waals surface area contributed by atoms with E-state index < -0.39 is 35.4 Å². The zero-order chi connectivity index (χ0) is 26.5.